The second-order valence-electron chi connectivity index (χ2n) is 5.91. The van der Waals surface area contributed by atoms with Gasteiger partial charge in [-0.3, -0.25) is 0 Å². The summed E-state index contributed by atoms with van der Waals surface area (Å²) in [5.74, 6) is -0.402. The molecule has 0 aliphatic rings. The van der Waals surface area contributed by atoms with Crippen LogP contribution in [0.5, 0.6) is 0 Å². The highest BCUT2D eigenvalue weighted by atomic mass is 19.3. The van der Waals surface area contributed by atoms with Crippen molar-refractivity contribution in [3.05, 3.63) is 24.0 Å². The van der Waals surface area contributed by atoms with Crippen LogP contribution in [0.15, 0.2) is 18.2 Å². The molecule has 2 amide bonds. The van der Waals surface area contributed by atoms with E-state index in [4.69, 9.17) is 0 Å². The van der Waals surface area contributed by atoms with Crippen molar-refractivity contribution in [2.24, 2.45) is 0 Å². The van der Waals surface area contributed by atoms with E-state index in [-0.39, 0.29) is 12.6 Å². The summed E-state index contributed by atoms with van der Waals surface area (Å²) in [6, 6.07) is 4.32. The molecule has 0 unspecified atom stereocenters. The third-order valence-corrected chi connectivity index (χ3v) is 3.20. The molecule has 0 spiro atoms. The van der Waals surface area contributed by atoms with Crippen LogP contribution < -0.4 is 5.32 Å². The molecule has 3 N–H and O–H groups in total. The van der Waals surface area contributed by atoms with Crippen LogP contribution >= 0.6 is 0 Å². The van der Waals surface area contributed by atoms with Gasteiger partial charge in [-0.1, -0.05) is 0 Å². The summed E-state index contributed by atoms with van der Waals surface area (Å²) in [6.07, 6.45) is -2.68. The predicted octanol–water partition coefficient (Wildman–Crippen LogP) is 3.13. The number of nitrogens with one attached hydrogen (secondary N) is 2. The number of nitrogens with zero attached hydrogens (tertiary/aromatic N) is 2. The van der Waals surface area contributed by atoms with Crippen LogP contribution in [-0.4, -0.2) is 44.7 Å². The Bertz CT molecular complexity index is 694. The summed E-state index contributed by atoms with van der Waals surface area (Å²) in [6.45, 7) is 5.64. The molecule has 126 valence electrons. The Morgan fingerprint density at radius 2 is 2.17 bits per heavy atom. The van der Waals surface area contributed by atoms with E-state index < -0.39 is 17.9 Å². The van der Waals surface area contributed by atoms with Gasteiger partial charge in [0.25, 0.3) is 6.43 Å². The lowest BCUT2D eigenvalue weighted by atomic mass is 10.1. The van der Waals surface area contributed by atoms with Crippen LogP contribution in [0.3, 0.4) is 0 Å². The van der Waals surface area contributed by atoms with Gasteiger partial charge in [0, 0.05) is 12.2 Å². The van der Waals surface area contributed by atoms with Crippen LogP contribution in [-0.2, 0) is 0 Å². The lowest BCUT2D eigenvalue weighted by Gasteiger charge is -2.28. The van der Waals surface area contributed by atoms with Gasteiger partial charge in [-0.05, 0) is 39.0 Å². The highest BCUT2D eigenvalue weighted by Crippen LogP contribution is 2.22. The number of rotatable bonds is 5. The maximum atomic E-state index is 12.6. The SMILES string of the molecule is CCN(CC(C)(C)O)C(=O)Nc1ccc2nc(C(F)F)[nH]c2c1. The zero-order valence-corrected chi connectivity index (χ0v) is 13.2. The number of aliphatic hydroxyl groups is 1. The molecular weight excluding hydrogens is 306 g/mol. The number of fused-ring (bicyclic) bond motifs is 1. The summed E-state index contributed by atoms with van der Waals surface area (Å²) < 4.78 is 25.3. The highest BCUT2D eigenvalue weighted by molar-refractivity contribution is 5.92. The molecular formula is C15H20F2N4O2. The summed E-state index contributed by atoms with van der Waals surface area (Å²) in [7, 11) is 0. The number of benzene rings is 1. The normalized spacial score (nSPS) is 12.0. The number of H-pyrrole nitrogens is 1. The van der Waals surface area contributed by atoms with Gasteiger partial charge < -0.3 is 20.3 Å². The number of alkyl halides is 2. The molecule has 6 nitrogen and oxygen atoms in total. The fourth-order valence-corrected chi connectivity index (χ4v) is 2.21. The first-order valence-electron chi connectivity index (χ1n) is 7.25. The Morgan fingerprint density at radius 1 is 1.48 bits per heavy atom. The van der Waals surface area contributed by atoms with Crippen LogP contribution in [0.25, 0.3) is 11.0 Å². The molecule has 8 heteroatoms. The van der Waals surface area contributed by atoms with E-state index in [9.17, 15) is 18.7 Å². The molecule has 0 aliphatic heterocycles. The largest absolute Gasteiger partial charge is 0.389 e. The van der Waals surface area contributed by atoms with Crippen molar-refractivity contribution >= 4 is 22.8 Å². The van der Waals surface area contributed by atoms with E-state index in [0.717, 1.165) is 0 Å². The fourth-order valence-electron chi connectivity index (χ4n) is 2.21. The topological polar surface area (TPSA) is 81.2 Å². The third-order valence-electron chi connectivity index (χ3n) is 3.20. The lowest BCUT2D eigenvalue weighted by Crippen LogP contribution is -2.44. The molecule has 1 aromatic carbocycles. The van der Waals surface area contributed by atoms with Crippen LogP contribution in [0.2, 0.25) is 0 Å². The zero-order chi connectivity index (χ0) is 17.2. The average molecular weight is 326 g/mol. The van der Waals surface area contributed by atoms with Gasteiger partial charge in [0.1, 0.15) is 0 Å². The predicted molar refractivity (Wildman–Crippen MR) is 83.6 cm³/mol. The lowest BCUT2D eigenvalue weighted by molar-refractivity contribution is 0.0501. The highest BCUT2D eigenvalue weighted by Gasteiger charge is 2.21. The first-order chi connectivity index (χ1) is 10.7. The second kappa shape index (κ2) is 6.49. The number of imidazole rings is 1. The zero-order valence-electron chi connectivity index (χ0n) is 13.2. The third kappa shape index (κ3) is 4.38. The molecule has 2 aromatic rings. The number of carbonyl (C=O) groups excluding carboxylic acids is 1. The van der Waals surface area contributed by atoms with Gasteiger partial charge in [-0.2, -0.15) is 0 Å². The Balaban J connectivity index is 2.15. The summed E-state index contributed by atoms with van der Waals surface area (Å²) in [5, 5.41) is 12.5. The molecule has 0 radical (unpaired) electrons. The molecule has 1 aromatic heterocycles. The average Bonchev–Trinajstić information content (AvgIpc) is 2.87. The first-order valence-corrected chi connectivity index (χ1v) is 7.25. The van der Waals surface area contributed by atoms with E-state index in [1.54, 1.807) is 39.0 Å². The standard InChI is InChI=1S/C15H20F2N4O2/c1-4-21(8-15(2,3)23)14(22)18-9-5-6-10-11(7-9)20-13(19-10)12(16)17/h5-7,12,23H,4,8H2,1-3H3,(H,18,22)(H,19,20). The first kappa shape index (κ1) is 17.1. The van der Waals surface area contributed by atoms with E-state index in [0.29, 0.717) is 23.3 Å². The van der Waals surface area contributed by atoms with E-state index in [1.165, 1.54) is 4.90 Å². The van der Waals surface area contributed by atoms with Crippen molar-refractivity contribution in [3.63, 3.8) is 0 Å². The Labute approximate surface area is 132 Å². The quantitative estimate of drug-likeness (QED) is 0.789. The van der Waals surface area contributed by atoms with Crippen molar-refractivity contribution in [1.29, 1.82) is 0 Å². The summed E-state index contributed by atoms with van der Waals surface area (Å²) in [5.41, 5.74) is 0.277. The number of halogens is 2. The molecule has 0 saturated heterocycles. The van der Waals surface area contributed by atoms with Gasteiger partial charge in [-0.15, -0.1) is 0 Å². The number of urea groups is 1. The summed E-state index contributed by atoms with van der Waals surface area (Å²) in [4.78, 5) is 20.0. The van der Waals surface area contributed by atoms with Crippen molar-refractivity contribution in [2.45, 2.75) is 32.8 Å². The maximum Gasteiger partial charge on any atom is 0.321 e. The molecule has 0 saturated carbocycles. The number of aromatic amines is 1. The van der Waals surface area contributed by atoms with Crippen LogP contribution in [0, 0.1) is 0 Å². The molecule has 0 bridgehead atoms. The van der Waals surface area contributed by atoms with Crippen molar-refractivity contribution < 1.29 is 18.7 Å². The minimum atomic E-state index is -2.68. The Morgan fingerprint density at radius 3 is 2.74 bits per heavy atom. The number of amides is 2. The van der Waals surface area contributed by atoms with Crippen LogP contribution in [0.1, 0.15) is 33.0 Å². The van der Waals surface area contributed by atoms with Gasteiger partial charge in [-0.25, -0.2) is 18.6 Å². The molecule has 0 atom stereocenters. The fraction of sp³-hybridized carbons (Fsp3) is 0.467. The minimum Gasteiger partial charge on any atom is -0.389 e. The van der Waals surface area contributed by atoms with Gasteiger partial charge >= 0.3 is 6.03 Å². The monoisotopic (exact) mass is 326 g/mol. The van der Waals surface area contributed by atoms with Gasteiger partial charge in [0.05, 0.1) is 23.2 Å². The number of hydrogen-bond acceptors (Lipinski definition) is 3. The van der Waals surface area contributed by atoms with Crippen molar-refractivity contribution in [2.75, 3.05) is 18.4 Å². The molecule has 23 heavy (non-hydrogen) atoms. The van der Waals surface area contributed by atoms with Crippen molar-refractivity contribution in [1.82, 2.24) is 14.9 Å². The van der Waals surface area contributed by atoms with E-state index in [1.807, 2.05) is 0 Å². The maximum absolute atomic E-state index is 12.6. The van der Waals surface area contributed by atoms with Crippen LogP contribution in [0.4, 0.5) is 19.3 Å². The Hall–Kier alpha value is -2.22. The van der Waals surface area contributed by atoms with E-state index in [2.05, 4.69) is 15.3 Å². The Kier molecular flexibility index (Phi) is 4.84. The minimum absolute atomic E-state index is 0.178. The van der Waals surface area contributed by atoms with Gasteiger partial charge in [0.2, 0.25) is 0 Å². The number of hydrogen-bond donors (Lipinski definition) is 3. The second-order valence-corrected chi connectivity index (χ2v) is 5.91. The van der Waals surface area contributed by atoms with E-state index >= 15 is 0 Å². The molecule has 1 heterocycles. The van der Waals surface area contributed by atoms with Crippen molar-refractivity contribution in [3.8, 4) is 0 Å². The molecule has 0 aliphatic carbocycles. The number of aromatic nitrogens is 2. The van der Waals surface area contributed by atoms with Gasteiger partial charge in [0.15, 0.2) is 5.82 Å². The summed E-state index contributed by atoms with van der Waals surface area (Å²) >= 11 is 0. The number of anilines is 1. The number of carbonyl (C=O) groups is 1. The number of likely N-dealkylation sites (N-methyl/N-ethyl adjacent to an activating group) is 1. The smallest absolute Gasteiger partial charge is 0.321 e. The molecule has 0 fully saturated rings. The molecule has 2 rings (SSSR count).